The molecular weight excluding hydrogens is 214 g/mol. The predicted octanol–water partition coefficient (Wildman–Crippen LogP) is 2.22. The monoisotopic (exact) mass is 233 g/mol. The van der Waals surface area contributed by atoms with Gasteiger partial charge in [0.15, 0.2) is 0 Å². The molecule has 17 heavy (non-hydrogen) atoms. The first-order valence-electron chi connectivity index (χ1n) is 5.93. The SMILES string of the molecule is CCn1c(C(C)OC)nc2cc(CN)ccc21. The zero-order chi connectivity index (χ0) is 12.4. The van der Waals surface area contributed by atoms with E-state index in [1.807, 2.05) is 13.0 Å². The van der Waals surface area contributed by atoms with Gasteiger partial charge in [-0.25, -0.2) is 4.98 Å². The molecule has 0 aliphatic rings. The van der Waals surface area contributed by atoms with Crippen molar-refractivity contribution in [2.75, 3.05) is 7.11 Å². The average Bonchev–Trinajstić information content (AvgIpc) is 2.74. The van der Waals surface area contributed by atoms with Gasteiger partial charge in [0, 0.05) is 20.2 Å². The number of imidazole rings is 1. The van der Waals surface area contributed by atoms with Gasteiger partial charge in [-0.1, -0.05) is 6.07 Å². The van der Waals surface area contributed by atoms with Crippen LogP contribution in [-0.2, 0) is 17.8 Å². The molecule has 1 atom stereocenters. The lowest BCUT2D eigenvalue weighted by molar-refractivity contribution is 0.109. The minimum absolute atomic E-state index is 0.00340. The molecule has 1 aromatic carbocycles. The molecule has 2 N–H and O–H groups in total. The van der Waals surface area contributed by atoms with Gasteiger partial charge in [-0.3, -0.25) is 0 Å². The van der Waals surface area contributed by atoms with Crippen molar-refractivity contribution in [3.63, 3.8) is 0 Å². The maximum atomic E-state index is 5.64. The van der Waals surface area contributed by atoms with E-state index in [1.54, 1.807) is 7.11 Å². The van der Waals surface area contributed by atoms with Crippen LogP contribution in [0.1, 0.15) is 31.3 Å². The molecule has 0 amide bonds. The Morgan fingerprint density at radius 1 is 1.47 bits per heavy atom. The van der Waals surface area contributed by atoms with E-state index < -0.39 is 0 Å². The number of hydrogen-bond acceptors (Lipinski definition) is 3. The highest BCUT2D eigenvalue weighted by atomic mass is 16.5. The normalized spacial score (nSPS) is 13.2. The van der Waals surface area contributed by atoms with Gasteiger partial charge in [0.05, 0.1) is 11.0 Å². The second-order valence-corrected chi connectivity index (χ2v) is 4.12. The molecule has 1 aromatic heterocycles. The zero-order valence-corrected chi connectivity index (χ0v) is 10.6. The number of methoxy groups -OCH3 is 1. The van der Waals surface area contributed by atoms with E-state index >= 15 is 0 Å². The highest BCUT2D eigenvalue weighted by molar-refractivity contribution is 5.77. The molecule has 2 rings (SSSR count). The fourth-order valence-electron chi connectivity index (χ4n) is 2.07. The van der Waals surface area contributed by atoms with Gasteiger partial charge < -0.3 is 15.0 Å². The van der Waals surface area contributed by atoms with Crippen LogP contribution in [0.2, 0.25) is 0 Å². The lowest BCUT2D eigenvalue weighted by Gasteiger charge is -2.11. The first kappa shape index (κ1) is 12.1. The van der Waals surface area contributed by atoms with Crippen LogP contribution < -0.4 is 5.73 Å². The molecule has 0 saturated carbocycles. The van der Waals surface area contributed by atoms with Crippen LogP contribution in [-0.4, -0.2) is 16.7 Å². The molecule has 4 heteroatoms. The number of aromatic nitrogens is 2. The van der Waals surface area contributed by atoms with Gasteiger partial charge in [0.1, 0.15) is 11.9 Å². The van der Waals surface area contributed by atoms with Gasteiger partial charge in [-0.05, 0) is 31.5 Å². The molecule has 2 aromatic rings. The Hall–Kier alpha value is -1.39. The Morgan fingerprint density at radius 2 is 2.24 bits per heavy atom. The fourth-order valence-corrected chi connectivity index (χ4v) is 2.07. The van der Waals surface area contributed by atoms with Crippen LogP contribution in [0.3, 0.4) is 0 Å². The highest BCUT2D eigenvalue weighted by Gasteiger charge is 2.15. The number of aryl methyl sites for hydroxylation is 1. The van der Waals surface area contributed by atoms with Crippen molar-refractivity contribution in [2.24, 2.45) is 5.73 Å². The van der Waals surface area contributed by atoms with E-state index in [4.69, 9.17) is 10.5 Å². The minimum Gasteiger partial charge on any atom is -0.374 e. The molecule has 92 valence electrons. The van der Waals surface area contributed by atoms with Gasteiger partial charge >= 0.3 is 0 Å². The van der Waals surface area contributed by atoms with Crippen LogP contribution in [0, 0.1) is 0 Å². The van der Waals surface area contributed by atoms with Gasteiger partial charge in [-0.2, -0.15) is 0 Å². The van der Waals surface area contributed by atoms with Crippen molar-refractivity contribution in [3.05, 3.63) is 29.6 Å². The smallest absolute Gasteiger partial charge is 0.138 e. The lowest BCUT2D eigenvalue weighted by atomic mass is 10.2. The second-order valence-electron chi connectivity index (χ2n) is 4.12. The first-order valence-corrected chi connectivity index (χ1v) is 5.93. The number of fused-ring (bicyclic) bond motifs is 1. The molecule has 0 bridgehead atoms. The summed E-state index contributed by atoms with van der Waals surface area (Å²) in [6.45, 7) is 5.56. The summed E-state index contributed by atoms with van der Waals surface area (Å²) in [6.07, 6.45) is 0.00340. The van der Waals surface area contributed by atoms with E-state index in [9.17, 15) is 0 Å². The fraction of sp³-hybridized carbons (Fsp3) is 0.462. The van der Waals surface area contributed by atoms with E-state index in [-0.39, 0.29) is 6.10 Å². The quantitative estimate of drug-likeness (QED) is 0.881. The van der Waals surface area contributed by atoms with Crippen molar-refractivity contribution in [2.45, 2.75) is 33.0 Å². The van der Waals surface area contributed by atoms with E-state index in [1.165, 1.54) is 0 Å². The van der Waals surface area contributed by atoms with Crippen LogP contribution in [0.15, 0.2) is 18.2 Å². The highest BCUT2D eigenvalue weighted by Crippen LogP contribution is 2.23. The first-order chi connectivity index (χ1) is 8.21. The number of benzene rings is 1. The molecule has 0 spiro atoms. The van der Waals surface area contributed by atoms with Crippen LogP contribution in [0.25, 0.3) is 11.0 Å². The minimum atomic E-state index is 0.00340. The lowest BCUT2D eigenvalue weighted by Crippen LogP contribution is -2.07. The number of rotatable bonds is 4. The standard InChI is InChI=1S/C13H19N3O/c1-4-16-12-6-5-10(8-14)7-11(12)15-13(16)9(2)17-3/h5-7,9H,4,8,14H2,1-3H3. The summed E-state index contributed by atoms with van der Waals surface area (Å²) >= 11 is 0. The topological polar surface area (TPSA) is 53.1 Å². The van der Waals surface area contributed by atoms with Gasteiger partial charge in [-0.15, -0.1) is 0 Å². The van der Waals surface area contributed by atoms with Crippen LogP contribution in [0.5, 0.6) is 0 Å². The van der Waals surface area contributed by atoms with E-state index in [2.05, 4.69) is 28.6 Å². The molecule has 0 fully saturated rings. The molecule has 0 aliphatic carbocycles. The van der Waals surface area contributed by atoms with Crippen molar-refractivity contribution in [3.8, 4) is 0 Å². The Labute approximate surface area is 101 Å². The second kappa shape index (κ2) is 4.85. The third-order valence-corrected chi connectivity index (χ3v) is 3.11. The van der Waals surface area contributed by atoms with Gasteiger partial charge in [0.2, 0.25) is 0 Å². The van der Waals surface area contributed by atoms with Crippen molar-refractivity contribution >= 4 is 11.0 Å². The Bertz CT molecular complexity index is 519. The number of ether oxygens (including phenoxy) is 1. The zero-order valence-electron chi connectivity index (χ0n) is 10.6. The number of nitrogens with two attached hydrogens (primary N) is 1. The summed E-state index contributed by atoms with van der Waals surface area (Å²) in [6, 6.07) is 6.19. The summed E-state index contributed by atoms with van der Waals surface area (Å²) in [4.78, 5) is 4.65. The molecule has 0 radical (unpaired) electrons. The van der Waals surface area contributed by atoms with E-state index in [0.29, 0.717) is 6.54 Å². The largest absolute Gasteiger partial charge is 0.374 e. The third-order valence-electron chi connectivity index (χ3n) is 3.11. The van der Waals surface area contributed by atoms with Crippen molar-refractivity contribution in [1.82, 2.24) is 9.55 Å². The summed E-state index contributed by atoms with van der Waals surface area (Å²) in [7, 11) is 1.70. The summed E-state index contributed by atoms with van der Waals surface area (Å²) in [5.74, 6) is 0.971. The molecule has 0 saturated heterocycles. The molecule has 1 heterocycles. The molecular formula is C13H19N3O. The van der Waals surface area contributed by atoms with E-state index in [0.717, 1.165) is 29.0 Å². The van der Waals surface area contributed by atoms with Crippen molar-refractivity contribution < 1.29 is 4.74 Å². The average molecular weight is 233 g/mol. The maximum Gasteiger partial charge on any atom is 0.138 e. The van der Waals surface area contributed by atoms with Gasteiger partial charge in [0.25, 0.3) is 0 Å². The van der Waals surface area contributed by atoms with Crippen molar-refractivity contribution in [1.29, 1.82) is 0 Å². The molecule has 4 nitrogen and oxygen atoms in total. The number of nitrogens with zero attached hydrogens (tertiary/aromatic N) is 2. The van der Waals surface area contributed by atoms with Crippen LogP contribution in [0.4, 0.5) is 0 Å². The Morgan fingerprint density at radius 3 is 2.82 bits per heavy atom. The molecule has 0 aliphatic heterocycles. The Balaban J connectivity index is 2.61. The molecule has 1 unspecified atom stereocenters. The third kappa shape index (κ3) is 2.06. The van der Waals surface area contributed by atoms with Crippen LogP contribution >= 0.6 is 0 Å². The summed E-state index contributed by atoms with van der Waals surface area (Å²) in [5, 5.41) is 0. The maximum absolute atomic E-state index is 5.64. The number of hydrogen-bond donors (Lipinski definition) is 1. The Kier molecular flexibility index (Phi) is 3.45. The predicted molar refractivity (Wildman–Crippen MR) is 68.7 cm³/mol. The summed E-state index contributed by atoms with van der Waals surface area (Å²) in [5.41, 5.74) is 8.89. The summed E-state index contributed by atoms with van der Waals surface area (Å²) < 4.78 is 7.54.